The molecule has 1 aliphatic carbocycles. The second kappa shape index (κ2) is 12.3. The third-order valence-corrected chi connectivity index (χ3v) is 7.87. The van der Waals surface area contributed by atoms with Crippen LogP contribution >= 0.6 is 11.6 Å². The molecule has 3 aliphatic rings. The van der Waals surface area contributed by atoms with Crippen LogP contribution in [-0.2, 0) is 24.0 Å². The third kappa shape index (κ3) is 6.47. The Kier molecular flexibility index (Phi) is 9.65. The number of likely N-dealkylation sites (tertiary alicyclic amines) is 1. The predicted octanol–water partition coefficient (Wildman–Crippen LogP) is 0.940. The zero-order chi connectivity index (χ0) is 27.4. The van der Waals surface area contributed by atoms with Crippen LogP contribution in [0.3, 0.4) is 0 Å². The van der Waals surface area contributed by atoms with Crippen molar-refractivity contribution in [3.63, 3.8) is 0 Å². The predicted molar refractivity (Wildman–Crippen MR) is 125 cm³/mol. The van der Waals surface area contributed by atoms with Gasteiger partial charge in [0.1, 0.15) is 12.1 Å². The molecule has 1 saturated carbocycles. The quantitative estimate of drug-likeness (QED) is 0.290. The van der Waals surface area contributed by atoms with E-state index >= 15 is 0 Å². The van der Waals surface area contributed by atoms with Crippen LogP contribution < -0.4 is 16.1 Å². The number of hydrogen-bond donors (Lipinski definition) is 3. The number of carbonyl (C=O) groups is 5. The van der Waals surface area contributed by atoms with E-state index in [2.05, 4.69) is 16.1 Å². The smallest absolute Gasteiger partial charge is 0.315 e. The van der Waals surface area contributed by atoms with E-state index in [-0.39, 0.29) is 30.8 Å². The number of nitrogens with one attached hydrogen (secondary N) is 3. The maximum atomic E-state index is 13.7. The van der Waals surface area contributed by atoms with Crippen molar-refractivity contribution in [1.29, 1.82) is 0 Å². The molecule has 5 amide bonds. The second-order valence-electron chi connectivity index (χ2n) is 9.96. The second-order valence-corrected chi connectivity index (χ2v) is 10.3. The average Bonchev–Trinajstić information content (AvgIpc) is 3.56. The maximum absolute atomic E-state index is 13.7. The first kappa shape index (κ1) is 29.0. The van der Waals surface area contributed by atoms with Crippen LogP contribution in [0, 0.1) is 23.7 Å². The van der Waals surface area contributed by atoms with E-state index in [0.717, 1.165) is 12.8 Å². The Balaban J connectivity index is 1.84. The van der Waals surface area contributed by atoms with E-state index in [4.69, 9.17) is 11.6 Å². The van der Waals surface area contributed by atoms with Gasteiger partial charge in [-0.15, -0.1) is 0 Å². The van der Waals surface area contributed by atoms with Crippen molar-refractivity contribution < 1.29 is 37.1 Å². The standard InChI is InChI=1S/C23H33ClF3N5O5/c1-3-11(2)15(29-21(35)18(26)27)22(36)31-9-12-5-4-6-14(12)16(31)20(34)30-32(23(37)17(24)25)10-13-7-8-28-19(13)33/h11-18H,3-10H2,1-2H3,(H,28,33)(H,29,35)(H,30,34)/t11-,12-,13-,14-,15-,16-,17-/m0/s1. The highest BCUT2D eigenvalue weighted by Crippen LogP contribution is 2.42. The van der Waals surface area contributed by atoms with Crippen LogP contribution in [0.1, 0.15) is 46.0 Å². The Labute approximate surface area is 217 Å². The van der Waals surface area contributed by atoms with Gasteiger partial charge in [-0.3, -0.25) is 29.4 Å². The molecule has 0 bridgehead atoms. The number of amides is 5. The number of halogens is 4. The van der Waals surface area contributed by atoms with Gasteiger partial charge in [0, 0.05) is 13.1 Å². The van der Waals surface area contributed by atoms with Gasteiger partial charge in [0.05, 0.1) is 12.5 Å². The molecule has 3 N–H and O–H groups in total. The number of fused-ring (bicyclic) bond motifs is 1. The fourth-order valence-corrected chi connectivity index (χ4v) is 5.61. The van der Waals surface area contributed by atoms with E-state index in [1.165, 1.54) is 4.90 Å². The van der Waals surface area contributed by atoms with E-state index in [1.807, 2.05) is 0 Å². The molecule has 14 heteroatoms. The van der Waals surface area contributed by atoms with Gasteiger partial charge in [-0.2, -0.15) is 8.78 Å². The molecule has 0 aromatic heterocycles. The number of carbonyl (C=O) groups excluding carboxylic acids is 5. The van der Waals surface area contributed by atoms with Crippen molar-refractivity contribution in [2.45, 2.75) is 70.1 Å². The molecular formula is C23H33ClF3N5O5. The Hall–Kier alpha value is -2.57. The molecule has 0 unspecified atom stereocenters. The van der Waals surface area contributed by atoms with Crippen LogP contribution in [0.4, 0.5) is 13.2 Å². The third-order valence-electron chi connectivity index (χ3n) is 7.68. The first-order chi connectivity index (χ1) is 17.5. The Morgan fingerprint density at radius 2 is 1.89 bits per heavy atom. The molecule has 2 aliphatic heterocycles. The minimum atomic E-state index is -3.31. The minimum Gasteiger partial charge on any atom is -0.356 e. The van der Waals surface area contributed by atoms with Crippen LogP contribution in [0.15, 0.2) is 0 Å². The lowest BCUT2D eigenvalue weighted by molar-refractivity contribution is -0.150. The molecule has 10 nitrogen and oxygen atoms in total. The summed E-state index contributed by atoms with van der Waals surface area (Å²) in [6.07, 6.45) is -0.364. The first-order valence-electron chi connectivity index (χ1n) is 12.5. The lowest BCUT2D eigenvalue weighted by Gasteiger charge is -2.34. The normalized spacial score (nSPS) is 27.3. The number of nitrogens with zero attached hydrogens (tertiary/aromatic N) is 2. The molecule has 7 atom stereocenters. The summed E-state index contributed by atoms with van der Waals surface area (Å²) in [4.78, 5) is 64.5. The van der Waals surface area contributed by atoms with Crippen molar-refractivity contribution in [3.8, 4) is 0 Å². The summed E-state index contributed by atoms with van der Waals surface area (Å²) >= 11 is 5.35. The Bertz CT molecular complexity index is 910. The highest BCUT2D eigenvalue weighted by atomic mass is 35.5. The summed E-state index contributed by atoms with van der Waals surface area (Å²) in [5.74, 6) is -6.11. The molecule has 2 heterocycles. The molecule has 37 heavy (non-hydrogen) atoms. The van der Waals surface area contributed by atoms with E-state index in [9.17, 15) is 37.1 Å². The minimum absolute atomic E-state index is 0.0326. The van der Waals surface area contributed by atoms with Gasteiger partial charge in [-0.25, -0.2) is 9.40 Å². The van der Waals surface area contributed by atoms with Crippen LogP contribution in [0.25, 0.3) is 0 Å². The van der Waals surface area contributed by atoms with Crippen molar-refractivity contribution >= 4 is 41.1 Å². The van der Waals surface area contributed by atoms with Crippen LogP contribution in [-0.4, -0.2) is 83.2 Å². The highest BCUT2D eigenvalue weighted by Gasteiger charge is 2.51. The van der Waals surface area contributed by atoms with Crippen molar-refractivity contribution in [2.24, 2.45) is 23.7 Å². The monoisotopic (exact) mass is 551 g/mol. The first-order valence-corrected chi connectivity index (χ1v) is 13.0. The molecule has 0 aromatic carbocycles. The number of hydrogen-bond acceptors (Lipinski definition) is 5. The lowest BCUT2D eigenvalue weighted by atomic mass is 9.93. The molecule has 0 aromatic rings. The Morgan fingerprint density at radius 1 is 1.19 bits per heavy atom. The van der Waals surface area contributed by atoms with Crippen LogP contribution in [0.5, 0.6) is 0 Å². The summed E-state index contributed by atoms with van der Waals surface area (Å²) in [6, 6.07) is -2.35. The van der Waals surface area contributed by atoms with Crippen molar-refractivity contribution in [2.75, 3.05) is 19.6 Å². The summed E-state index contributed by atoms with van der Waals surface area (Å²) in [7, 11) is 0. The summed E-state index contributed by atoms with van der Waals surface area (Å²) in [6.45, 7) is 3.62. The van der Waals surface area contributed by atoms with Crippen LogP contribution in [0.2, 0.25) is 0 Å². The van der Waals surface area contributed by atoms with Gasteiger partial charge < -0.3 is 15.5 Å². The van der Waals surface area contributed by atoms with E-state index in [1.54, 1.807) is 13.8 Å². The summed E-state index contributed by atoms with van der Waals surface area (Å²) in [5.41, 5.74) is -0.103. The number of alkyl halides is 4. The molecule has 208 valence electrons. The molecule has 3 fully saturated rings. The van der Waals surface area contributed by atoms with Gasteiger partial charge in [0.2, 0.25) is 11.8 Å². The van der Waals surface area contributed by atoms with Gasteiger partial charge in [-0.05, 0) is 37.0 Å². The molecular weight excluding hydrogens is 519 g/mol. The van der Waals surface area contributed by atoms with E-state index < -0.39 is 59.6 Å². The number of hydrazine groups is 1. The van der Waals surface area contributed by atoms with Crippen molar-refractivity contribution in [3.05, 3.63) is 0 Å². The molecule has 0 radical (unpaired) electrons. The van der Waals surface area contributed by atoms with Crippen molar-refractivity contribution in [1.82, 2.24) is 26.0 Å². The summed E-state index contributed by atoms with van der Waals surface area (Å²) in [5, 5.41) is 5.38. The van der Waals surface area contributed by atoms with Gasteiger partial charge in [-0.1, -0.05) is 38.3 Å². The molecule has 3 rings (SSSR count). The zero-order valence-electron chi connectivity index (χ0n) is 20.7. The molecule has 2 saturated heterocycles. The van der Waals surface area contributed by atoms with Gasteiger partial charge >= 0.3 is 6.43 Å². The zero-order valence-corrected chi connectivity index (χ0v) is 21.5. The largest absolute Gasteiger partial charge is 0.356 e. The fraction of sp³-hybridized carbons (Fsp3) is 0.783. The Morgan fingerprint density at radius 3 is 2.46 bits per heavy atom. The van der Waals surface area contributed by atoms with Gasteiger partial charge in [0.15, 0.2) is 0 Å². The number of rotatable bonds is 9. The SMILES string of the molecule is CC[C@H](C)[C@H](NC(=O)C(F)F)C(=O)N1C[C@@H]2CCC[C@@H]2[C@H]1C(=O)NN(C[C@@H]1CCNC1=O)C(=O)[C@H](F)Cl. The lowest BCUT2D eigenvalue weighted by Crippen LogP contribution is -2.60. The van der Waals surface area contributed by atoms with E-state index in [0.29, 0.717) is 30.8 Å². The topological polar surface area (TPSA) is 128 Å². The molecule has 0 spiro atoms. The summed E-state index contributed by atoms with van der Waals surface area (Å²) < 4.78 is 39.7. The maximum Gasteiger partial charge on any atom is 0.315 e. The average molecular weight is 552 g/mol. The van der Waals surface area contributed by atoms with Gasteiger partial charge in [0.25, 0.3) is 23.4 Å². The fourth-order valence-electron chi connectivity index (χ4n) is 5.49. The highest BCUT2D eigenvalue weighted by molar-refractivity contribution is 6.29.